The Morgan fingerprint density at radius 1 is 1.07 bits per heavy atom. The molecule has 1 saturated heterocycles. The third-order valence-electron chi connectivity index (χ3n) is 5.24. The van der Waals surface area contributed by atoms with Gasteiger partial charge in [0.25, 0.3) is 0 Å². The van der Waals surface area contributed by atoms with E-state index in [-0.39, 0.29) is 12.6 Å². The van der Waals surface area contributed by atoms with Crippen LogP contribution in [0.1, 0.15) is 24.0 Å². The standard InChI is InChI=1S/C22H27FN4O3/c23-18-5-1-17(2-6-18)15-27(22(29)30)21(28)26-13-10-20(11-14-26)25-19-7-3-16(4-8-19)9-12-24/h1-8,20,25H,9-15,24H2,(H,29,30). The number of piperidine rings is 1. The molecule has 1 aliphatic heterocycles. The number of halogens is 1. The molecule has 0 aliphatic carbocycles. The fourth-order valence-electron chi connectivity index (χ4n) is 3.55. The van der Waals surface area contributed by atoms with Crippen molar-refractivity contribution in [1.82, 2.24) is 9.80 Å². The van der Waals surface area contributed by atoms with E-state index in [1.165, 1.54) is 29.8 Å². The summed E-state index contributed by atoms with van der Waals surface area (Å²) in [6.07, 6.45) is 0.974. The van der Waals surface area contributed by atoms with Crippen molar-refractivity contribution in [2.45, 2.75) is 31.8 Å². The molecule has 4 N–H and O–H groups in total. The summed E-state index contributed by atoms with van der Waals surface area (Å²) in [7, 11) is 0. The first kappa shape index (κ1) is 21.6. The maximum atomic E-state index is 13.1. The Hall–Kier alpha value is -3.13. The second-order valence-electron chi connectivity index (χ2n) is 7.42. The lowest BCUT2D eigenvalue weighted by atomic mass is 10.0. The van der Waals surface area contributed by atoms with E-state index in [1.807, 2.05) is 24.3 Å². The van der Waals surface area contributed by atoms with Crippen LogP contribution in [-0.2, 0) is 13.0 Å². The van der Waals surface area contributed by atoms with Crippen molar-refractivity contribution in [3.63, 3.8) is 0 Å². The predicted octanol–water partition coefficient (Wildman–Crippen LogP) is 3.50. The molecule has 0 saturated carbocycles. The van der Waals surface area contributed by atoms with Crippen molar-refractivity contribution < 1.29 is 19.1 Å². The zero-order valence-corrected chi connectivity index (χ0v) is 16.8. The fraction of sp³-hybridized carbons (Fsp3) is 0.364. The highest BCUT2D eigenvalue weighted by molar-refractivity contribution is 5.90. The molecule has 160 valence electrons. The highest BCUT2D eigenvalue weighted by atomic mass is 19.1. The molecule has 0 unspecified atom stereocenters. The second kappa shape index (κ2) is 10.1. The van der Waals surface area contributed by atoms with Gasteiger partial charge in [0.1, 0.15) is 5.82 Å². The molecule has 7 nitrogen and oxygen atoms in total. The maximum Gasteiger partial charge on any atom is 0.415 e. The van der Waals surface area contributed by atoms with Gasteiger partial charge in [0.15, 0.2) is 0 Å². The molecule has 3 rings (SSSR count). The van der Waals surface area contributed by atoms with Gasteiger partial charge in [-0.25, -0.2) is 18.9 Å². The summed E-state index contributed by atoms with van der Waals surface area (Å²) < 4.78 is 13.1. The van der Waals surface area contributed by atoms with Crippen LogP contribution < -0.4 is 11.1 Å². The Balaban J connectivity index is 1.53. The predicted molar refractivity (Wildman–Crippen MR) is 113 cm³/mol. The third-order valence-corrected chi connectivity index (χ3v) is 5.24. The molecule has 0 atom stereocenters. The Kier molecular flexibility index (Phi) is 7.24. The maximum absolute atomic E-state index is 13.1. The minimum absolute atomic E-state index is 0.109. The number of hydrogen-bond acceptors (Lipinski definition) is 4. The lowest BCUT2D eigenvalue weighted by Crippen LogP contribution is -2.49. The quantitative estimate of drug-likeness (QED) is 0.672. The number of nitrogens with two attached hydrogens (primary N) is 1. The average Bonchev–Trinajstić information content (AvgIpc) is 2.75. The van der Waals surface area contributed by atoms with Crippen LogP contribution in [0.15, 0.2) is 48.5 Å². The fourth-order valence-corrected chi connectivity index (χ4v) is 3.55. The van der Waals surface area contributed by atoms with Gasteiger partial charge in [0.2, 0.25) is 0 Å². The minimum atomic E-state index is -1.32. The largest absolute Gasteiger partial charge is 0.465 e. The van der Waals surface area contributed by atoms with E-state index in [0.29, 0.717) is 25.2 Å². The van der Waals surface area contributed by atoms with Crippen LogP contribution in [0.4, 0.5) is 19.7 Å². The van der Waals surface area contributed by atoms with Crippen LogP contribution in [0, 0.1) is 5.82 Å². The van der Waals surface area contributed by atoms with Gasteiger partial charge in [-0.2, -0.15) is 0 Å². The highest BCUT2D eigenvalue weighted by Crippen LogP contribution is 2.19. The monoisotopic (exact) mass is 414 g/mol. The van der Waals surface area contributed by atoms with Crippen LogP contribution in [0.25, 0.3) is 0 Å². The Morgan fingerprint density at radius 2 is 1.67 bits per heavy atom. The molecule has 0 aromatic heterocycles. The number of rotatable bonds is 6. The SMILES string of the molecule is NCCc1ccc(NC2CCN(C(=O)N(Cc3ccc(F)cc3)C(=O)O)CC2)cc1. The molecule has 30 heavy (non-hydrogen) atoms. The number of imide groups is 1. The zero-order valence-electron chi connectivity index (χ0n) is 16.8. The second-order valence-corrected chi connectivity index (χ2v) is 7.42. The van der Waals surface area contributed by atoms with Crippen molar-refractivity contribution in [3.8, 4) is 0 Å². The zero-order chi connectivity index (χ0) is 21.5. The van der Waals surface area contributed by atoms with Crippen LogP contribution in [0.3, 0.4) is 0 Å². The number of benzene rings is 2. The molecule has 1 fully saturated rings. The number of nitrogens with zero attached hydrogens (tertiary/aromatic N) is 2. The summed E-state index contributed by atoms with van der Waals surface area (Å²) in [4.78, 5) is 26.7. The van der Waals surface area contributed by atoms with Crippen molar-refractivity contribution in [1.29, 1.82) is 0 Å². The van der Waals surface area contributed by atoms with Crippen molar-refractivity contribution in [2.24, 2.45) is 5.73 Å². The number of hydrogen-bond donors (Lipinski definition) is 3. The number of amides is 3. The topological polar surface area (TPSA) is 98.9 Å². The van der Waals surface area contributed by atoms with Crippen LogP contribution in [-0.4, -0.2) is 52.7 Å². The average molecular weight is 414 g/mol. The Bertz CT molecular complexity index is 850. The number of carbonyl (C=O) groups excluding carboxylic acids is 1. The molecule has 2 aromatic rings. The first-order valence-corrected chi connectivity index (χ1v) is 10.1. The summed E-state index contributed by atoms with van der Waals surface area (Å²) in [5.41, 5.74) is 8.34. The summed E-state index contributed by atoms with van der Waals surface area (Å²) in [5, 5.41) is 13.0. The molecular formula is C22H27FN4O3. The third kappa shape index (κ3) is 5.70. The number of nitrogens with one attached hydrogen (secondary N) is 1. The van der Waals surface area contributed by atoms with Gasteiger partial charge in [-0.3, -0.25) is 0 Å². The molecule has 1 aliphatic rings. The molecule has 0 spiro atoms. The van der Waals surface area contributed by atoms with E-state index in [1.54, 1.807) is 4.90 Å². The molecular weight excluding hydrogens is 387 g/mol. The van der Waals surface area contributed by atoms with Crippen molar-refractivity contribution in [2.75, 3.05) is 25.0 Å². The van der Waals surface area contributed by atoms with Gasteiger partial charge < -0.3 is 21.1 Å². The van der Waals surface area contributed by atoms with Gasteiger partial charge in [-0.05, 0) is 61.2 Å². The number of carbonyl (C=O) groups is 2. The first-order valence-electron chi connectivity index (χ1n) is 10.1. The lowest BCUT2D eigenvalue weighted by molar-refractivity contribution is 0.119. The summed E-state index contributed by atoms with van der Waals surface area (Å²) in [6.45, 7) is 1.44. The van der Waals surface area contributed by atoms with E-state index < -0.39 is 17.9 Å². The summed E-state index contributed by atoms with van der Waals surface area (Å²) in [6, 6.07) is 13.3. The van der Waals surface area contributed by atoms with E-state index in [0.717, 1.165) is 29.8 Å². The molecule has 2 aromatic carbocycles. The van der Waals surface area contributed by atoms with Crippen LogP contribution >= 0.6 is 0 Å². The van der Waals surface area contributed by atoms with Gasteiger partial charge in [-0.1, -0.05) is 24.3 Å². The van der Waals surface area contributed by atoms with E-state index in [2.05, 4.69) is 5.32 Å². The Labute approximate surface area is 175 Å². The molecule has 0 radical (unpaired) electrons. The minimum Gasteiger partial charge on any atom is -0.465 e. The van der Waals surface area contributed by atoms with E-state index >= 15 is 0 Å². The van der Waals surface area contributed by atoms with Crippen LogP contribution in [0.5, 0.6) is 0 Å². The summed E-state index contributed by atoms with van der Waals surface area (Å²) >= 11 is 0. The molecule has 1 heterocycles. The van der Waals surface area contributed by atoms with Crippen LogP contribution in [0.2, 0.25) is 0 Å². The van der Waals surface area contributed by atoms with Crippen molar-refractivity contribution >= 4 is 17.8 Å². The van der Waals surface area contributed by atoms with Gasteiger partial charge in [0.05, 0.1) is 6.54 Å². The number of anilines is 1. The Morgan fingerprint density at radius 3 is 2.23 bits per heavy atom. The molecule has 3 amide bonds. The number of likely N-dealkylation sites (tertiary alicyclic amines) is 1. The first-order chi connectivity index (χ1) is 14.5. The van der Waals surface area contributed by atoms with Crippen molar-refractivity contribution in [3.05, 3.63) is 65.5 Å². The van der Waals surface area contributed by atoms with Gasteiger partial charge in [-0.15, -0.1) is 0 Å². The van der Waals surface area contributed by atoms with Gasteiger partial charge >= 0.3 is 12.1 Å². The highest BCUT2D eigenvalue weighted by Gasteiger charge is 2.29. The van der Waals surface area contributed by atoms with E-state index in [9.17, 15) is 19.1 Å². The summed E-state index contributed by atoms with van der Waals surface area (Å²) in [5.74, 6) is -0.407. The van der Waals surface area contributed by atoms with Gasteiger partial charge in [0, 0.05) is 24.8 Å². The number of carboxylic acid groups (broad SMARTS) is 1. The molecule has 0 bridgehead atoms. The normalized spacial score (nSPS) is 14.4. The lowest BCUT2D eigenvalue weighted by Gasteiger charge is -2.35. The number of urea groups is 1. The molecule has 8 heteroatoms. The van der Waals surface area contributed by atoms with E-state index in [4.69, 9.17) is 5.73 Å². The smallest absolute Gasteiger partial charge is 0.415 e.